The van der Waals surface area contributed by atoms with E-state index in [0.29, 0.717) is 43.7 Å². The number of hydrogen-bond donors (Lipinski definition) is 1. The minimum absolute atomic E-state index is 0.0539. The molecule has 2 heterocycles. The third kappa shape index (κ3) is 5.03. The summed E-state index contributed by atoms with van der Waals surface area (Å²) < 4.78 is 0. The zero-order chi connectivity index (χ0) is 21.6. The largest absolute Gasteiger partial charge is 0.481 e. The maximum absolute atomic E-state index is 13.5. The highest BCUT2D eigenvalue weighted by atomic mass is 16.4. The zero-order valence-electron chi connectivity index (χ0n) is 17.2. The van der Waals surface area contributed by atoms with Gasteiger partial charge in [-0.25, -0.2) is 9.97 Å². The van der Waals surface area contributed by atoms with Crippen molar-refractivity contribution in [1.82, 2.24) is 14.9 Å². The van der Waals surface area contributed by atoms with E-state index in [1.807, 2.05) is 54.6 Å². The summed E-state index contributed by atoms with van der Waals surface area (Å²) >= 11 is 0. The molecule has 0 bridgehead atoms. The minimum atomic E-state index is -0.746. The van der Waals surface area contributed by atoms with E-state index < -0.39 is 5.97 Å². The first kappa shape index (κ1) is 20.9. The van der Waals surface area contributed by atoms with Gasteiger partial charge in [-0.05, 0) is 44.0 Å². The number of benzene rings is 2. The molecule has 0 aliphatic carbocycles. The molecular weight excluding hydrogens is 390 g/mol. The Labute approximate surface area is 181 Å². The molecule has 158 valence electrons. The summed E-state index contributed by atoms with van der Waals surface area (Å²) in [6, 6.07) is 18.8. The molecule has 1 aromatic heterocycles. The molecule has 1 aliphatic heterocycles. The van der Waals surface area contributed by atoms with Gasteiger partial charge in [0.25, 0.3) is 0 Å². The number of carbonyl (C=O) groups is 2. The molecule has 1 N–H and O–H groups in total. The van der Waals surface area contributed by atoms with Crippen molar-refractivity contribution >= 4 is 11.8 Å². The number of Topliss-reactive ketones (excluding diaryl/α,β-unsaturated/α-hetero) is 1. The van der Waals surface area contributed by atoms with Crippen molar-refractivity contribution in [2.75, 3.05) is 13.1 Å². The molecular formula is C25H25N3O3. The lowest BCUT2D eigenvalue weighted by Gasteiger charge is -2.36. The van der Waals surface area contributed by atoms with Gasteiger partial charge in [-0.15, -0.1) is 0 Å². The lowest BCUT2D eigenvalue weighted by molar-refractivity contribution is -0.143. The fourth-order valence-electron chi connectivity index (χ4n) is 4.11. The highest BCUT2D eigenvalue weighted by molar-refractivity contribution is 6.00. The molecule has 0 amide bonds. The van der Waals surface area contributed by atoms with Crippen molar-refractivity contribution in [3.05, 3.63) is 84.2 Å². The second-order valence-electron chi connectivity index (χ2n) is 7.87. The smallest absolute Gasteiger partial charge is 0.306 e. The lowest BCUT2D eigenvalue weighted by atomic mass is 9.91. The number of aromatic nitrogens is 2. The summed E-state index contributed by atoms with van der Waals surface area (Å²) in [5, 5.41) is 9.31. The number of hydrogen-bond acceptors (Lipinski definition) is 5. The molecule has 0 radical (unpaired) electrons. The number of likely N-dealkylation sites (tertiary alicyclic amines) is 1. The van der Waals surface area contributed by atoms with Crippen LogP contribution in [0.4, 0.5) is 0 Å². The molecule has 1 saturated heterocycles. The van der Waals surface area contributed by atoms with Gasteiger partial charge in [0.15, 0.2) is 11.6 Å². The van der Waals surface area contributed by atoms with Gasteiger partial charge in [-0.3, -0.25) is 14.5 Å². The third-order valence-electron chi connectivity index (χ3n) is 5.89. The average Bonchev–Trinajstić information content (AvgIpc) is 2.83. The second kappa shape index (κ2) is 9.62. The molecule has 0 saturated carbocycles. The van der Waals surface area contributed by atoms with Crippen LogP contribution in [-0.2, 0) is 11.2 Å². The molecule has 31 heavy (non-hydrogen) atoms. The standard InChI is InChI=1S/C25H25N3O3/c29-23(19-7-9-20(10-8-19)24-26-13-4-14-27-24)22(17-18-5-2-1-3-6-18)28-15-11-21(12-16-28)25(30)31/h1-10,13-14,21-22H,11-12,15-17H2,(H,30,31). The quantitative estimate of drug-likeness (QED) is 0.592. The maximum atomic E-state index is 13.5. The number of nitrogens with zero attached hydrogens (tertiary/aromatic N) is 3. The van der Waals surface area contributed by atoms with E-state index in [-0.39, 0.29) is 17.7 Å². The second-order valence-corrected chi connectivity index (χ2v) is 7.87. The molecule has 4 rings (SSSR count). The first-order valence-corrected chi connectivity index (χ1v) is 10.5. The molecule has 1 unspecified atom stereocenters. The Morgan fingerprint density at radius 1 is 0.935 bits per heavy atom. The molecule has 6 heteroatoms. The molecule has 0 spiro atoms. The number of carboxylic acids is 1. The van der Waals surface area contributed by atoms with E-state index in [2.05, 4.69) is 14.9 Å². The number of rotatable bonds is 7. The van der Waals surface area contributed by atoms with Crippen LogP contribution < -0.4 is 0 Å². The van der Waals surface area contributed by atoms with Crippen LogP contribution in [0, 0.1) is 5.92 Å². The third-order valence-corrected chi connectivity index (χ3v) is 5.89. The van der Waals surface area contributed by atoms with Crippen LogP contribution in [0.5, 0.6) is 0 Å². The van der Waals surface area contributed by atoms with Gasteiger partial charge in [0.2, 0.25) is 0 Å². The fourth-order valence-corrected chi connectivity index (χ4v) is 4.11. The predicted molar refractivity (Wildman–Crippen MR) is 118 cm³/mol. The first-order valence-electron chi connectivity index (χ1n) is 10.5. The Morgan fingerprint density at radius 2 is 1.58 bits per heavy atom. The number of aliphatic carboxylic acids is 1. The molecule has 2 aromatic carbocycles. The summed E-state index contributed by atoms with van der Waals surface area (Å²) in [6.45, 7) is 1.21. The van der Waals surface area contributed by atoms with Crippen LogP contribution in [0.3, 0.4) is 0 Å². The lowest BCUT2D eigenvalue weighted by Crippen LogP contribution is -2.47. The van der Waals surface area contributed by atoms with Gasteiger partial charge >= 0.3 is 5.97 Å². The van der Waals surface area contributed by atoms with Gasteiger partial charge in [-0.1, -0.05) is 54.6 Å². The van der Waals surface area contributed by atoms with E-state index >= 15 is 0 Å². The fraction of sp³-hybridized carbons (Fsp3) is 0.280. The van der Waals surface area contributed by atoms with E-state index in [1.165, 1.54) is 0 Å². The number of carbonyl (C=O) groups excluding carboxylic acids is 1. The van der Waals surface area contributed by atoms with Gasteiger partial charge in [-0.2, -0.15) is 0 Å². The monoisotopic (exact) mass is 415 g/mol. The highest BCUT2D eigenvalue weighted by Gasteiger charge is 2.32. The number of ketones is 1. The Bertz CT molecular complexity index is 1010. The topological polar surface area (TPSA) is 83.4 Å². The Balaban J connectivity index is 1.55. The van der Waals surface area contributed by atoms with Crippen molar-refractivity contribution in [3.8, 4) is 11.4 Å². The van der Waals surface area contributed by atoms with Crippen LogP contribution in [0.2, 0.25) is 0 Å². The van der Waals surface area contributed by atoms with Gasteiger partial charge < -0.3 is 5.11 Å². The Morgan fingerprint density at radius 3 is 2.19 bits per heavy atom. The van der Waals surface area contributed by atoms with Gasteiger partial charge in [0, 0.05) is 23.5 Å². The highest BCUT2D eigenvalue weighted by Crippen LogP contribution is 2.24. The van der Waals surface area contributed by atoms with Crippen LogP contribution >= 0.6 is 0 Å². The normalized spacial score (nSPS) is 16.0. The van der Waals surface area contributed by atoms with Gasteiger partial charge in [0.1, 0.15) is 0 Å². The van der Waals surface area contributed by atoms with E-state index in [0.717, 1.165) is 11.1 Å². The van der Waals surface area contributed by atoms with E-state index in [9.17, 15) is 14.7 Å². The average molecular weight is 415 g/mol. The summed E-state index contributed by atoms with van der Waals surface area (Å²) in [5.41, 5.74) is 2.59. The number of carboxylic acid groups (broad SMARTS) is 1. The van der Waals surface area contributed by atoms with Crippen LogP contribution in [0.25, 0.3) is 11.4 Å². The summed E-state index contributed by atoms with van der Waals surface area (Å²) in [7, 11) is 0. The first-order chi connectivity index (χ1) is 15.1. The molecule has 3 aromatic rings. The van der Waals surface area contributed by atoms with Crippen molar-refractivity contribution in [2.24, 2.45) is 5.92 Å². The zero-order valence-corrected chi connectivity index (χ0v) is 17.2. The van der Waals surface area contributed by atoms with Crippen molar-refractivity contribution in [1.29, 1.82) is 0 Å². The van der Waals surface area contributed by atoms with Crippen LogP contribution in [0.15, 0.2) is 73.1 Å². The summed E-state index contributed by atoms with van der Waals surface area (Å²) in [6.07, 6.45) is 5.12. The molecule has 1 fully saturated rings. The summed E-state index contributed by atoms with van der Waals surface area (Å²) in [5.74, 6) is -0.394. The van der Waals surface area contributed by atoms with Crippen molar-refractivity contribution in [3.63, 3.8) is 0 Å². The van der Waals surface area contributed by atoms with Crippen molar-refractivity contribution < 1.29 is 14.7 Å². The summed E-state index contributed by atoms with van der Waals surface area (Å²) in [4.78, 5) is 35.5. The number of piperidine rings is 1. The Hall–Kier alpha value is -3.38. The van der Waals surface area contributed by atoms with E-state index in [1.54, 1.807) is 18.5 Å². The maximum Gasteiger partial charge on any atom is 0.306 e. The van der Waals surface area contributed by atoms with E-state index in [4.69, 9.17) is 0 Å². The molecule has 1 aliphatic rings. The predicted octanol–water partition coefficient (Wildman–Crippen LogP) is 3.73. The SMILES string of the molecule is O=C(O)C1CCN(C(Cc2ccccc2)C(=O)c2ccc(-c3ncccn3)cc2)CC1. The van der Waals surface area contributed by atoms with Crippen LogP contribution in [-0.4, -0.2) is 50.9 Å². The minimum Gasteiger partial charge on any atom is -0.481 e. The Kier molecular flexibility index (Phi) is 6.48. The van der Waals surface area contributed by atoms with Crippen LogP contribution in [0.1, 0.15) is 28.8 Å². The molecule has 1 atom stereocenters. The molecule has 6 nitrogen and oxygen atoms in total. The van der Waals surface area contributed by atoms with Crippen molar-refractivity contribution in [2.45, 2.75) is 25.3 Å². The van der Waals surface area contributed by atoms with Gasteiger partial charge in [0.05, 0.1) is 12.0 Å².